The highest BCUT2D eigenvalue weighted by Crippen LogP contribution is 2.09. The van der Waals surface area contributed by atoms with Crippen LogP contribution in [0.25, 0.3) is 5.52 Å². The van der Waals surface area contributed by atoms with Gasteiger partial charge >= 0.3 is 0 Å². The maximum Gasteiger partial charge on any atom is 0.187 e. The van der Waals surface area contributed by atoms with E-state index in [9.17, 15) is 0 Å². The van der Waals surface area contributed by atoms with Gasteiger partial charge in [0.2, 0.25) is 0 Å². The summed E-state index contributed by atoms with van der Waals surface area (Å²) in [5.74, 6) is 0.888. The smallest absolute Gasteiger partial charge is 0.187 e. The number of oxime groups is 1. The Morgan fingerprint density at radius 1 is 1.57 bits per heavy atom. The molecule has 0 unspecified atom stereocenters. The largest absolute Gasteiger partial charge is 0.409 e. The van der Waals surface area contributed by atoms with Gasteiger partial charge < -0.3 is 10.9 Å². The van der Waals surface area contributed by atoms with Crippen LogP contribution in [0.4, 0.5) is 0 Å². The fourth-order valence-electron chi connectivity index (χ4n) is 1.46. The van der Waals surface area contributed by atoms with Crippen molar-refractivity contribution in [3.63, 3.8) is 0 Å². The predicted octanol–water partition coefficient (Wildman–Crippen LogP) is 0.737. The van der Waals surface area contributed by atoms with Crippen LogP contribution in [-0.4, -0.2) is 20.4 Å². The Labute approximate surface area is 80.5 Å². The van der Waals surface area contributed by atoms with Crippen LogP contribution in [0, 0.1) is 6.92 Å². The van der Waals surface area contributed by atoms with E-state index in [-0.39, 0.29) is 5.84 Å². The first kappa shape index (κ1) is 8.55. The molecule has 5 nitrogen and oxygen atoms in total. The van der Waals surface area contributed by atoms with Crippen LogP contribution >= 0.6 is 0 Å². The van der Waals surface area contributed by atoms with Gasteiger partial charge in [-0.05, 0) is 19.1 Å². The van der Waals surface area contributed by atoms with Gasteiger partial charge in [-0.3, -0.25) is 4.40 Å². The number of hydrogen-bond donors (Lipinski definition) is 2. The molecular formula is C9H10N4O. The van der Waals surface area contributed by atoms with Crippen LogP contribution in [0.5, 0.6) is 0 Å². The number of amidine groups is 1. The Bertz CT molecular complexity index is 500. The summed E-state index contributed by atoms with van der Waals surface area (Å²) >= 11 is 0. The van der Waals surface area contributed by atoms with E-state index in [4.69, 9.17) is 10.9 Å². The van der Waals surface area contributed by atoms with Gasteiger partial charge in [-0.15, -0.1) is 0 Å². The van der Waals surface area contributed by atoms with E-state index >= 15 is 0 Å². The third kappa shape index (κ3) is 1.10. The number of nitrogens with two attached hydrogens (primary N) is 1. The monoisotopic (exact) mass is 190 g/mol. The Balaban J connectivity index is 2.82. The van der Waals surface area contributed by atoms with Crippen LogP contribution < -0.4 is 5.73 Å². The van der Waals surface area contributed by atoms with Crippen LogP contribution in [-0.2, 0) is 0 Å². The Hall–Kier alpha value is -2.04. The first-order chi connectivity index (χ1) is 6.74. The lowest BCUT2D eigenvalue weighted by Gasteiger charge is -2.04. The number of aryl methyl sites for hydroxylation is 1. The molecule has 2 heterocycles. The van der Waals surface area contributed by atoms with Crippen molar-refractivity contribution in [2.45, 2.75) is 6.92 Å². The molecule has 0 aliphatic rings. The van der Waals surface area contributed by atoms with Crippen molar-refractivity contribution in [1.82, 2.24) is 9.38 Å². The van der Waals surface area contributed by atoms with Crippen molar-refractivity contribution in [3.05, 3.63) is 35.9 Å². The lowest BCUT2D eigenvalue weighted by molar-refractivity contribution is 0.318. The Morgan fingerprint density at radius 3 is 3.07 bits per heavy atom. The second kappa shape index (κ2) is 3.02. The van der Waals surface area contributed by atoms with Gasteiger partial charge in [-0.25, -0.2) is 4.98 Å². The molecule has 0 aromatic carbocycles. The molecule has 0 atom stereocenters. The fraction of sp³-hybridized carbons (Fsp3) is 0.111. The molecule has 0 radical (unpaired) electrons. The zero-order chi connectivity index (χ0) is 10.1. The molecule has 2 aromatic rings. The minimum absolute atomic E-state index is 0.0803. The number of hydrogen-bond acceptors (Lipinski definition) is 3. The van der Waals surface area contributed by atoms with Gasteiger partial charge in [0.05, 0.1) is 17.4 Å². The van der Waals surface area contributed by atoms with Crippen molar-refractivity contribution in [2.75, 3.05) is 0 Å². The van der Waals surface area contributed by atoms with Crippen molar-refractivity contribution in [3.8, 4) is 0 Å². The van der Waals surface area contributed by atoms with E-state index in [0.717, 1.165) is 11.3 Å². The van der Waals surface area contributed by atoms with E-state index in [0.29, 0.717) is 5.69 Å². The number of rotatable bonds is 1. The van der Waals surface area contributed by atoms with Crippen LogP contribution in [0.15, 0.2) is 29.6 Å². The molecule has 0 bridgehead atoms. The molecule has 2 aromatic heterocycles. The van der Waals surface area contributed by atoms with Gasteiger partial charge in [-0.2, -0.15) is 0 Å². The number of nitrogens with zero attached hydrogens (tertiary/aromatic N) is 3. The molecular weight excluding hydrogens is 180 g/mol. The van der Waals surface area contributed by atoms with Crippen LogP contribution in [0.1, 0.15) is 11.5 Å². The zero-order valence-corrected chi connectivity index (χ0v) is 7.68. The Morgan fingerprint density at radius 2 is 2.36 bits per heavy atom. The highest BCUT2D eigenvalue weighted by atomic mass is 16.4. The van der Waals surface area contributed by atoms with Gasteiger partial charge in [-0.1, -0.05) is 11.2 Å². The molecule has 72 valence electrons. The van der Waals surface area contributed by atoms with Crippen molar-refractivity contribution < 1.29 is 5.21 Å². The molecule has 0 fully saturated rings. The van der Waals surface area contributed by atoms with Crippen molar-refractivity contribution in [1.29, 1.82) is 0 Å². The lowest BCUT2D eigenvalue weighted by atomic mass is 10.3. The topological polar surface area (TPSA) is 75.9 Å². The highest BCUT2D eigenvalue weighted by Gasteiger charge is 2.07. The molecule has 0 spiro atoms. The molecule has 0 amide bonds. The minimum Gasteiger partial charge on any atom is -0.409 e. The number of aromatic nitrogens is 2. The second-order valence-corrected chi connectivity index (χ2v) is 2.96. The molecule has 0 saturated heterocycles. The third-order valence-corrected chi connectivity index (χ3v) is 2.10. The summed E-state index contributed by atoms with van der Waals surface area (Å²) in [7, 11) is 0. The van der Waals surface area contributed by atoms with E-state index < -0.39 is 0 Å². The van der Waals surface area contributed by atoms with Crippen molar-refractivity contribution >= 4 is 11.4 Å². The summed E-state index contributed by atoms with van der Waals surface area (Å²) < 4.78 is 1.83. The number of pyridine rings is 1. The number of fused-ring (bicyclic) bond motifs is 1. The first-order valence-corrected chi connectivity index (χ1v) is 4.15. The summed E-state index contributed by atoms with van der Waals surface area (Å²) in [6.45, 7) is 1.86. The second-order valence-electron chi connectivity index (χ2n) is 2.96. The van der Waals surface area contributed by atoms with Crippen molar-refractivity contribution in [2.24, 2.45) is 10.9 Å². The highest BCUT2D eigenvalue weighted by molar-refractivity contribution is 5.96. The predicted molar refractivity (Wildman–Crippen MR) is 52.4 cm³/mol. The van der Waals surface area contributed by atoms with Gasteiger partial charge in [0.25, 0.3) is 0 Å². The molecule has 14 heavy (non-hydrogen) atoms. The third-order valence-electron chi connectivity index (χ3n) is 2.10. The molecule has 3 N–H and O–H groups in total. The van der Waals surface area contributed by atoms with Gasteiger partial charge in [0.15, 0.2) is 5.84 Å². The molecule has 0 saturated carbocycles. The lowest BCUT2D eigenvalue weighted by Crippen LogP contribution is -2.17. The van der Waals surface area contributed by atoms with Crippen LogP contribution in [0.3, 0.4) is 0 Å². The summed E-state index contributed by atoms with van der Waals surface area (Å²) in [6, 6.07) is 5.52. The minimum atomic E-state index is 0.0803. The standard InChI is InChI=1S/C9H10N4O/c1-6-11-5-7-3-2-4-8(13(6)7)9(10)12-14/h2-5,14H,1H3,(H2,10,12). The Kier molecular flexibility index (Phi) is 1.85. The fourth-order valence-corrected chi connectivity index (χ4v) is 1.46. The molecule has 0 aliphatic heterocycles. The van der Waals surface area contributed by atoms with E-state index in [1.807, 2.05) is 23.5 Å². The quantitative estimate of drug-likeness (QED) is 0.301. The first-order valence-electron chi connectivity index (χ1n) is 4.15. The van der Waals surface area contributed by atoms with Gasteiger partial charge in [0, 0.05) is 0 Å². The molecule has 5 heteroatoms. The normalized spacial score (nSPS) is 12.2. The number of imidazole rings is 1. The van der Waals surface area contributed by atoms with Gasteiger partial charge in [0.1, 0.15) is 5.82 Å². The maximum absolute atomic E-state index is 8.61. The van der Waals surface area contributed by atoms with Crippen LogP contribution in [0.2, 0.25) is 0 Å². The average Bonchev–Trinajstić information content (AvgIpc) is 2.59. The molecule has 0 aliphatic carbocycles. The summed E-state index contributed by atoms with van der Waals surface area (Å²) in [5, 5.41) is 11.6. The SMILES string of the molecule is Cc1ncc2cccc(/C(N)=N\O)n12. The average molecular weight is 190 g/mol. The van der Waals surface area contributed by atoms with E-state index in [2.05, 4.69) is 10.1 Å². The maximum atomic E-state index is 8.61. The van der Waals surface area contributed by atoms with E-state index in [1.165, 1.54) is 0 Å². The summed E-state index contributed by atoms with van der Waals surface area (Å²) in [5.41, 5.74) is 7.10. The zero-order valence-electron chi connectivity index (χ0n) is 7.68. The summed E-state index contributed by atoms with van der Waals surface area (Å²) in [6.07, 6.45) is 1.74. The summed E-state index contributed by atoms with van der Waals surface area (Å²) in [4.78, 5) is 4.14. The molecule has 2 rings (SSSR count). The van der Waals surface area contributed by atoms with E-state index in [1.54, 1.807) is 12.3 Å².